The summed E-state index contributed by atoms with van der Waals surface area (Å²) >= 11 is 0. The number of carbonyl (C=O) groups excluding carboxylic acids is 1. The Morgan fingerprint density at radius 3 is 2.33 bits per heavy atom. The second-order valence-corrected chi connectivity index (χ2v) is 7.74. The third-order valence-electron chi connectivity index (χ3n) is 5.14. The zero-order valence-corrected chi connectivity index (χ0v) is 19.2. The molecule has 0 saturated heterocycles. The second kappa shape index (κ2) is 11.7. The van der Waals surface area contributed by atoms with Crippen LogP contribution in [0.3, 0.4) is 0 Å². The first kappa shape index (κ1) is 23.8. The lowest BCUT2D eigenvalue weighted by Gasteiger charge is -2.25. The van der Waals surface area contributed by atoms with Crippen LogP contribution in [0.5, 0.6) is 11.5 Å². The molecule has 5 nitrogen and oxygen atoms in total. The average Bonchev–Trinajstić information content (AvgIpc) is 3.17. The molecule has 170 valence electrons. The summed E-state index contributed by atoms with van der Waals surface area (Å²) < 4.78 is 11.9. The molecule has 1 amide bonds. The van der Waals surface area contributed by atoms with Gasteiger partial charge in [-0.15, -0.1) is 0 Å². The molecule has 5 heteroatoms. The van der Waals surface area contributed by atoms with E-state index in [0.29, 0.717) is 30.5 Å². The number of allylic oxidation sites excluding steroid dienone is 3. The van der Waals surface area contributed by atoms with Crippen molar-refractivity contribution in [3.8, 4) is 11.5 Å². The average molecular weight is 443 g/mol. The minimum Gasteiger partial charge on any atom is -0.485 e. The third-order valence-corrected chi connectivity index (χ3v) is 5.14. The van der Waals surface area contributed by atoms with Crippen molar-refractivity contribution in [2.24, 2.45) is 10.9 Å². The van der Waals surface area contributed by atoms with Gasteiger partial charge in [0, 0.05) is 11.6 Å². The van der Waals surface area contributed by atoms with Crippen molar-refractivity contribution >= 4 is 11.7 Å². The molecule has 1 heterocycles. The number of amidine groups is 1. The molecule has 1 aliphatic heterocycles. The van der Waals surface area contributed by atoms with Gasteiger partial charge in [-0.2, -0.15) is 0 Å². The maximum atomic E-state index is 13.3. The van der Waals surface area contributed by atoms with Gasteiger partial charge >= 0.3 is 0 Å². The number of hydrogen-bond acceptors (Lipinski definition) is 4. The number of nitrogens with zero attached hydrogens (tertiary/aromatic N) is 2. The molecule has 0 radical (unpaired) electrons. The molecule has 2 aromatic rings. The van der Waals surface area contributed by atoms with Crippen LogP contribution in [-0.4, -0.2) is 29.8 Å². The Hall–Kier alpha value is -3.86. The van der Waals surface area contributed by atoms with E-state index in [1.54, 1.807) is 23.1 Å². The minimum atomic E-state index is -0.196. The van der Waals surface area contributed by atoms with E-state index >= 15 is 0 Å². The number of aliphatic imine (C=N–C) groups is 1. The number of carbonyl (C=O) groups is 1. The Labute approximate surface area is 196 Å². The lowest BCUT2D eigenvalue weighted by atomic mass is 10.1. The van der Waals surface area contributed by atoms with Crippen LogP contribution in [0.15, 0.2) is 108 Å². The van der Waals surface area contributed by atoms with E-state index in [9.17, 15) is 4.79 Å². The fourth-order valence-corrected chi connectivity index (χ4v) is 3.52. The molecule has 0 aromatic heterocycles. The highest BCUT2D eigenvalue weighted by Crippen LogP contribution is 2.28. The Balaban J connectivity index is 1.72. The fourth-order valence-electron chi connectivity index (χ4n) is 3.52. The maximum Gasteiger partial charge on any atom is 0.266 e. The van der Waals surface area contributed by atoms with E-state index < -0.39 is 0 Å². The lowest BCUT2D eigenvalue weighted by molar-refractivity contribution is -0.129. The Kier molecular flexibility index (Phi) is 8.42. The molecule has 0 aliphatic carbocycles. The minimum absolute atomic E-state index is 0.0326. The number of rotatable bonds is 10. The van der Waals surface area contributed by atoms with Crippen LogP contribution in [0, 0.1) is 5.92 Å². The molecule has 0 spiro atoms. The van der Waals surface area contributed by atoms with Crippen molar-refractivity contribution in [3.63, 3.8) is 0 Å². The van der Waals surface area contributed by atoms with Gasteiger partial charge < -0.3 is 9.47 Å². The van der Waals surface area contributed by atoms with Crippen molar-refractivity contribution < 1.29 is 14.3 Å². The van der Waals surface area contributed by atoms with Gasteiger partial charge in [-0.1, -0.05) is 86.9 Å². The van der Waals surface area contributed by atoms with Crippen LogP contribution in [0.25, 0.3) is 0 Å². The summed E-state index contributed by atoms with van der Waals surface area (Å²) in [7, 11) is 0. The first-order valence-electron chi connectivity index (χ1n) is 10.9. The summed E-state index contributed by atoms with van der Waals surface area (Å²) in [5.74, 6) is 1.64. The quantitative estimate of drug-likeness (QED) is 0.442. The van der Waals surface area contributed by atoms with Gasteiger partial charge in [-0.25, -0.2) is 4.99 Å². The number of ether oxygens (including phenoxy) is 2. The van der Waals surface area contributed by atoms with Crippen LogP contribution in [0.2, 0.25) is 0 Å². The van der Waals surface area contributed by atoms with Gasteiger partial charge in [-0.05, 0) is 30.2 Å². The van der Waals surface area contributed by atoms with Gasteiger partial charge in [0.05, 0.1) is 6.54 Å². The van der Waals surface area contributed by atoms with E-state index in [1.807, 2.05) is 74.5 Å². The van der Waals surface area contributed by atoms with Crippen molar-refractivity contribution in [3.05, 3.63) is 109 Å². The van der Waals surface area contributed by atoms with Gasteiger partial charge in [-0.3, -0.25) is 9.69 Å². The second-order valence-electron chi connectivity index (χ2n) is 7.74. The largest absolute Gasteiger partial charge is 0.485 e. The maximum absolute atomic E-state index is 13.3. The van der Waals surface area contributed by atoms with Crippen molar-refractivity contribution in [2.75, 3.05) is 13.2 Å². The predicted molar refractivity (Wildman–Crippen MR) is 133 cm³/mol. The molecule has 3 rings (SSSR count). The molecular weight excluding hydrogens is 412 g/mol. The van der Waals surface area contributed by atoms with Crippen LogP contribution >= 0.6 is 0 Å². The lowest BCUT2D eigenvalue weighted by Crippen LogP contribution is -2.42. The molecule has 0 fully saturated rings. The number of benzene rings is 2. The first-order valence-corrected chi connectivity index (χ1v) is 10.9. The Morgan fingerprint density at radius 2 is 1.73 bits per heavy atom. The highest BCUT2D eigenvalue weighted by atomic mass is 16.5. The molecule has 2 aromatic carbocycles. The zero-order valence-electron chi connectivity index (χ0n) is 19.2. The highest BCUT2D eigenvalue weighted by Gasteiger charge is 2.27. The van der Waals surface area contributed by atoms with E-state index in [0.717, 1.165) is 16.8 Å². The van der Waals surface area contributed by atoms with Crippen LogP contribution in [-0.2, 0) is 11.4 Å². The van der Waals surface area contributed by atoms with Crippen LogP contribution < -0.4 is 9.47 Å². The topological polar surface area (TPSA) is 51.1 Å². The number of hydrogen-bond donors (Lipinski definition) is 0. The normalized spacial score (nSPS) is 15.3. The zero-order chi connectivity index (χ0) is 23.6. The molecule has 0 N–H and O–H groups in total. The van der Waals surface area contributed by atoms with Crippen LogP contribution in [0.1, 0.15) is 19.4 Å². The fraction of sp³-hybridized carbons (Fsp3) is 0.214. The molecule has 1 aliphatic rings. The smallest absolute Gasteiger partial charge is 0.266 e. The number of para-hydroxylation sites is 2. The van der Waals surface area contributed by atoms with E-state index in [-0.39, 0.29) is 18.4 Å². The predicted octanol–water partition coefficient (Wildman–Crippen LogP) is 5.72. The molecular formula is C28H30N2O3. The standard InChI is InChI=1S/C28H30N2O3/c1-5-12-23(6-2)18-30(28-21(3)17-22(4)29-28)27(31)20-33-26-16-11-10-15-25(26)32-19-24-13-8-7-9-14-24/h5-17,21H,1-2,18-20H2,3-4H3/b23-12+. The van der Waals surface area contributed by atoms with E-state index in [1.165, 1.54) is 0 Å². The summed E-state index contributed by atoms with van der Waals surface area (Å²) in [5.41, 5.74) is 2.81. The van der Waals surface area contributed by atoms with Crippen LogP contribution in [0.4, 0.5) is 0 Å². The Bertz CT molecular complexity index is 1080. The van der Waals surface area contributed by atoms with Crippen molar-refractivity contribution in [1.82, 2.24) is 4.90 Å². The summed E-state index contributed by atoms with van der Waals surface area (Å²) in [6.45, 7) is 12.2. The van der Waals surface area contributed by atoms with Gasteiger partial charge in [0.2, 0.25) is 0 Å². The monoisotopic (exact) mass is 442 g/mol. The third kappa shape index (κ3) is 6.56. The molecule has 33 heavy (non-hydrogen) atoms. The SMILES string of the molecule is C=C/C=C(\C=C)CN(C(=O)COc1ccccc1OCc1ccccc1)C1=NC(C)=CC1C. The molecule has 1 unspecified atom stereocenters. The summed E-state index contributed by atoms with van der Waals surface area (Å²) in [6.07, 6.45) is 7.27. The van der Waals surface area contributed by atoms with E-state index in [2.05, 4.69) is 18.2 Å². The van der Waals surface area contributed by atoms with Gasteiger partial charge in [0.1, 0.15) is 12.4 Å². The molecule has 0 saturated carbocycles. The van der Waals surface area contributed by atoms with E-state index in [4.69, 9.17) is 9.47 Å². The Morgan fingerprint density at radius 1 is 1.06 bits per heavy atom. The molecule has 1 atom stereocenters. The first-order chi connectivity index (χ1) is 16.0. The summed E-state index contributed by atoms with van der Waals surface area (Å²) in [6, 6.07) is 17.3. The van der Waals surface area contributed by atoms with Crippen molar-refractivity contribution in [1.29, 1.82) is 0 Å². The van der Waals surface area contributed by atoms with Gasteiger partial charge in [0.25, 0.3) is 5.91 Å². The summed E-state index contributed by atoms with van der Waals surface area (Å²) in [5, 5.41) is 0. The van der Waals surface area contributed by atoms with Crippen molar-refractivity contribution in [2.45, 2.75) is 20.5 Å². The highest BCUT2D eigenvalue weighted by molar-refractivity contribution is 6.02. The van der Waals surface area contributed by atoms with Gasteiger partial charge in [0.15, 0.2) is 18.1 Å². The number of amides is 1. The molecule has 0 bridgehead atoms. The summed E-state index contributed by atoms with van der Waals surface area (Å²) in [4.78, 5) is 19.5.